The molecule has 1 saturated carbocycles. The highest BCUT2D eigenvalue weighted by Gasteiger charge is 2.52. The zero-order valence-corrected chi connectivity index (χ0v) is 20.9. The van der Waals surface area contributed by atoms with Crippen LogP contribution < -0.4 is 0 Å². The number of benzene rings is 1. The lowest BCUT2D eigenvalue weighted by Crippen LogP contribution is -2.46. The van der Waals surface area contributed by atoms with Gasteiger partial charge in [-0.2, -0.15) is 5.10 Å². The molecule has 2 atom stereocenters. The summed E-state index contributed by atoms with van der Waals surface area (Å²) in [5, 5.41) is 3.39. The second-order valence-electron chi connectivity index (χ2n) is 9.63. The quantitative estimate of drug-likeness (QED) is 0.372. The molecule has 0 saturated heterocycles. The molecule has 0 bridgehead atoms. The Labute approximate surface area is 213 Å². The van der Waals surface area contributed by atoms with Gasteiger partial charge in [0.05, 0.1) is 28.4 Å². The molecule has 0 aliphatic heterocycles. The number of nitrogens with zero attached hydrogens (tertiary/aromatic N) is 5. The van der Waals surface area contributed by atoms with Gasteiger partial charge in [0, 0.05) is 31.5 Å². The number of Topliss-reactive ketones (excluding diaryl/α,β-unsaturated/α-hetero) is 1. The summed E-state index contributed by atoms with van der Waals surface area (Å²) in [6, 6.07) is 12.8. The number of pyridine rings is 1. The van der Waals surface area contributed by atoms with E-state index in [4.69, 9.17) is 0 Å². The summed E-state index contributed by atoms with van der Waals surface area (Å²) in [6.07, 6.45) is 7.97. The largest absolute Gasteiger partial charge is 0.299 e. The number of ketones is 1. The van der Waals surface area contributed by atoms with E-state index in [0.29, 0.717) is 24.2 Å². The van der Waals surface area contributed by atoms with Gasteiger partial charge in [0.25, 0.3) is 0 Å². The van der Waals surface area contributed by atoms with E-state index in [1.54, 1.807) is 56.1 Å². The maximum Gasteiger partial charge on any atom is 0.200 e. The molecule has 188 valence electrons. The minimum atomic E-state index is -3.76. The number of rotatable bonds is 5. The molecule has 1 aromatic carbocycles. The topological polar surface area (TPSA) is 99.7 Å². The third kappa shape index (κ3) is 3.83. The maximum absolute atomic E-state index is 14.1. The first-order valence-corrected chi connectivity index (χ1v) is 13.6. The van der Waals surface area contributed by atoms with Crippen LogP contribution in [-0.2, 0) is 23.3 Å². The molecule has 0 spiro atoms. The summed E-state index contributed by atoms with van der Waals surface area (Å²) in [5.74, 6) is -0.536. The molecule has 0 unspecified atom stereocenters. The van der Waals surface area contributed by atoms with E-state index < -0.39 is 20.5 Å². The summed E-state index contributed by atoms with van der Waals surface area (Å²) < 4.78 is 44.0. The van der Waals surface area contributed by atoms with Gasteiger partial charge in [-0.15, -0.1) is 0 Å². The Morgan fingerprint density at radius 3 is 2.62 bits per heavy atom. The van der Waals surface area contributed by atoms with Crippen molar-refractivity contribution in [1.82, 2.24) is 24.3 Å². The van der Waals surface area contributed by atoms with Gasteiger partial charge in [0.2, 0.25) is 0 Å². The molecular formula is C27H24FN5O3S. The van der Waals surface area contributed by atoms with Crippen molar-refractivity contribution in [1.29, 1.82) is 0 Å². The Morgan fingerprint density at radius 1 is 1.11 bits per heavy atom. The van der Waals surface area contributed by atoms with Crippen molar-refractivity contribution in [2.45, 2.75) is 36.0 Å². The lowest BCUT2D eigenvalue weighted by Gasteiger charge is -2.43. The summed E-state index contributed by atoms with van der Waals surface area (Å²) in [5.41, 5.74) is 2.33. The normalized spacial score (nSPS) is 21.1. The highest BCUT2D eigenvalue weighted by atomic mass is 32.2. The van der Waals surface area contributed by atoms with E-state index in [2.05, 4.69) is 15.1 Å². The highest BCUT2D eigenvalue weighted by Crippen LogP contribution is 2.51. The van der Waals surface area contributed by atoms with Crippen molar-refractivity contribution in [3.63, 3.8) is 0 Å². The monoisotopic (exact) mass is 517 g/mol. The number of sulfone groups is 1. The maximum atomic E-state index is 14.1. The van der Waals surface area contributed by atoms with Crippen molar-refractivity contribution in [3.8, 4) is 5.69 Å². The fourth-order valence-electron chi connectivity index (χ4n) is 5.56. The molecule has 1 fully saturated rings. The van der Waals surface area contributed by atoms with Crippen LogP contribution in [0.2, 0.25) is 0 Å². The number of fused-ring (bicyclic) bond motifs is 2. The molecule has 3 aromatic heterocycles. The fraction of sp³-hybridized carbons (Fsp3) is 0.259. The van der Waals surface area contributed by atoms with E-state index in [1.165, 1.54) is 22.9 Å². The highest BCUT2D eigenvalue weighted by molar-refractivity contribution is 7.92. The molecule has 2 aliphatic carbocycles. The van der Waals surface area contributed by atoms with Crippen molar-refractivity contribution in [3.05, 3.63) is 95.7 Å². The van der Waals surface area contributed by atoms with Crippen LogP contribution in [0, 0.1) is 11.2 Å². The van der Waals surface area contributed by atoms with Crippen LogP contribution in [0.25, 0.3) is 11.8 Å². The molecule has 4 aromatic rings. The summed E-state index contributed by atoms with van der Waals surface area (Å²) in [4.78, 5) is 23.0. The average Bonchev–Trinajstić information content (AvgIpc) is 3.53. The number of carbonyl (C=O) groups is 1. The van der Waals surface area contributed by atoms with Crippen LogP contribution in [0.15, 0.2) is 77.9 Å². The molecule has 37 heavy (non-hydrogen) atoms. The SMILES string of the molecule is Cn1ccc(S(=O)(=O)[C@H]2CCC3=Cc4c(ncn4-c4ccc(F)cc4)C[C@]3(C(=O)c3ccccn3)C2)n1. The Balaban J connectivity index is 1.45. The first-order chi connectivity index (χ1) is 17.8. The zero-order valence-electron chi connectivity index (χ0n) is 20.1. The van der Waals surface area contributed by atoms with Gasteiger partial charge in [0.15, 0.2) is 20.6 Å². The van der Waals surface area contributed by atoms with Crippen LogP contribution in [0.5, 0.6) is 0 Å². The Morgan fingerprint density at radius 2 is 1.92 bits per heavy atom. The second-order valence-corrected chi connectivity index (χ2v) is 11.8. The van der Waals surface area contributed by atoms with E-state index >= 15 is 0 Å². The molecule has 10 heteroatoms. The lowest BCUT2D eigenvalue weighted by molar-refractivity contribution is 0.0795. The van der Waals surface area contributed by atoms with Crippen LogP contribution >= 0.6 is 0 Å². The number of allylic oxidation sites excluding steroid dienone is 1. The van der Waals surface area contributed by atoms with Gasteiger partial charge < -0.3 is 0 Å². The molecule has 0 N–H and O–H groups in total. The van der Waals surface area contributed by atoms with E-state index in [-0.39, 0.29) is 29.5 Å². The minimum Gasteiger partial charge on any atom is -0.299 e. The molecule has 3 heterocycles. The molecular weight excluding hydrogens is 493 g/mol. The predicted molar refractivity (Wildman–Crippen MR) is 134 cm³/mol. The Hall–Kier alpha value is -3.92. The van der Waals surface area contributed by atoms with Crippen molar-refractivity contribution in [2.75, 3.05) is 0 Å². The standard InChI is InChI=1S/C27H24FN5O3S/c1-32-13-11-25(31-32)37(35,36)21-10-5-18-14-24-23(30-17-33(24)20-8-6-19(28)7-9-20)16-27(18,15-21)26(34)22-4-2-3-12-29-22/h2-4,6-9,11-14,17,21H,5,10,15-16H2,1H3/t21-,27+/m0/s1. The number of aromatic nitrogens is 5. The average molecular weight is 518 g/mol. The summed E-state index contributed by atoms with van der Waals surface area (Å²) >= 11 is 0. The smallest absolute Gasteiger partial charge is 0.200 e. The molecule has 2 aliphatic rings. The number of imidazole rings is 1. The van der Waals surface area contributed by atoms with Gasteiger partial charge in [-0.3, -0.25) is 19.0 Å². The number of hydrogen-bond acceptors (Lipinski definition) is 6. The molecule has 8 nitrogen and oxygen atoms in total. The summed E-state index contributed by atoms with van der Waals surface area (Å²) in [6.45, 7) is 0. The van der Waals surface area contributed by atoms with Crippen LogP contribution in [-0.4, -0.2) is 43.8 Å². The molecule has 6 rings (SSSR count). The van der Waals surface area contributed by atoms with Crippen molar-refractivity contribution in [2.24, 2.45) is 12.5 Å². The Kier molecular flexibility index (Phi) is 5.45. The van der Waals surface area contributed by atoms with Gasteiger partial charge in [-0.25, -0.2) is 17.8 Å². The van der Waals surface area contributed by atoms with Gasteiger partial charge >= 0.3 is 0 Å². The Bertz CT molecular complexity index is 1640. The molecule has 0 amide bonds. The summed E-state index contributed by atoms with van der Waals surface area (Å²) in [7, 11) is -2.08. The fourth-order valence-corrected chi connectivity index (χ4v) is 7.32. The number of carbonyl (C=O) groups excluding carboxylic acids is 1. The van der Waals surface area contributed by atoms with Crippen molar-refractivity contribution >= 4 is 21.7 Å². The van der Waals surface area contributed by atoms with E-state index in [0.717, 1.165) is 17.0 Å². The van der Waals surface area contributed by atoms with Gasteiger partial charge in [-0.05, 0) is 67.8 Å². The minimum absolute atomic E-state index is 0.0185. The van der Waals surface area contributed by atoms with Gasteiger partial charge in [0.1, 0.15) is 11.5 Å². The van der Waals surface area contributed by atoms with E-state index in [1.807, 2.05) is 10.6 Å². The van der Waals surface area contributed by atoms with Crippen molar-refractivity contribution < 1.29 is 17.6 Å². The van der Waals surface area contributed by atoms with Crippen LogP contribution in [0.1, 0.15) is 41.1 Å². The number of halogens is 1. The zero-order chi connectivity index (χ0) is 25.8. The lowest BCUT2D eigenvalue weighted by atomic mass is 9.62. The third-order valence-electron chi connectivity index (χ3n) is 7.45. The van der Waals surface area contributed by atoms with Crippen LogP contribution in [0.3, 0.4) is 0 Å². The first-order valence-electron chi connectivity index (χ1n) is 12.0. The predicted octanol–water partition coefficient (Wildman–Crippen LogP) is 3.98. The van der Waals surface area contributed by atoms with E-state index in [9.17, 15) is 17.6 Å². The number of hydrogen-bond donors (Lipinski definition) is 0. The number of aryl methyl sites for hydroxylation is 1. The van der Waals surface area contributed by atoms with Crippen LogP contribution in [0.4, 0.5) is 4.39 Å². The molecule has 0 radical (unpaired) electrons. The third-order valence-corrected chi connectivity index (χ3v) is 9.53. The first kappa shape index (κ1) is 23.5. The van der Waals surface area contributed by atoms with Gasteiger partial charge in [-0.1, -0.05) is 11.6 Å². The second kappa shape index (κ2) is 8.58.